The molecule has 0 aliphatic rings. The summed E-state index contributed by atoms with van der Waals surface area (Å²) in [5.74, 6) is -0.0963. The number of amides is 1. The first-order chi connectivity index (χ1) is 10.1. The van der Waals surface area contributed by atoms with Crippen LogP contribution in [0.2, 0.25) is 5.02 Å². The highest BCUT2D eigenvalue weighted by atomic mass is 35.5. The number of carbonyl (C=O) groups excluding carboxylic acids is 1. The SMILES string of the molecule is CC(=O)Nc1ccc(CNc2cc(C#N)ccc2Cl)cc1. The summed E-state index contributed by atoms with van der Waals surface area (Å²) in [4.78, 5) is 10.9. The van der Waals surface area contributed by atoms with E-state index < -0.39 is 0 Å². The van der Waals surface area contributed by atoms with Gasteiger partial charge in [-0.25, -0.2) is 0 Å². The fourth-order valence-electron chi connectivity index (χ4n) is 1.84. The van der Waals surface area contributed by atoms with E-state index in [1.165, 1.54) is 6.92 Å². The lowest BCUT2D eigenvalue weighted by Crippen LogP contribution is -2.06. The molecule has 0 atom stereocenters. The van der Waals surface area contributed by atoms with Crippen LogP contribution in [0.25, 0.3) is 0 Å². The highest BCUT2D eigenvalue weighted by Crippen LogP contribution is 2.23. The first kappa shape index (κ1) is 14.9. The van der Waals surface area contributed by atoms with Gasteiger partial charge in [-0.2, -0.15) is 5.26 Å². The molecular weight excluding hydrogens is 286 g/mol. The van der Waals surface area contributed by atoms with Crippen molar-refractivity contribution in [2.24, 2.45) is 0 Å². The Bertz CT molecular complexity index is 690. The summed E-state index contributed by atoms with van der Waals surface area (Å²) >= 11 is 6.08. The van der Waals surface area contributed by atoms with Crippen molar-refractivity contribution in [2.45, 2.75) is 13.5 Å². The Balaban J connectivity index is 2.03. The average molecular weight is 300 g/mol. The lowest BCUT2D eigenvalue weighted by atomic mass is 10.2. The molecule has 0 aliphatic carbocycles. The van der Waals surface area contributed by atoms with Gasteiger partial charge in [0.1, 0.15) is 0 Å². The number of carbonyl (C=O) groups is 1. The van der Waals surface area contributed by atoms with E-state index in [0.717, 1.165) is 16.9 Å². The Labute approximate surface area is 128 Å². The van der Waals surface area contributed by atoms with Gasteiger partial charge >= 0.3 is 0 Å². The molecule has 1 amide bonds. The average Bonchev–Trinajstić information content (AvgIpc) is 2.47. The molecule has 0 saturated heterocycles. The van der Waals surface area contributed by atoms with Gasteiger partial charge in [0.15, 0.2) is 0 Å². The van der Waals surface area contributed by atoms with E-state index in [2.05, 4.69) is 16.7 Å². The van der Waals surface area contributed by atoms with Crippen molar-refractivity contribution in [3.05, 3.63) is 58.6 Å². The minimum absolute atomic E-state index is 0.0963. The standard InChI is InChI=1S/C16H14ClN3O/c1-11(21)20-14-5-2-12(3-6-14)10-19-16-8-13(9-18)4-7-15(16)17/h2-8,19H,10H2,1H3,(H,20,21). The number of halogens is 1. The maximum atomic E-state index is 10.9. The summed E-state index contributed by atoms with van der Waals surface area (Å²) in [5.41, 5.74) is 3.09. The molecule has 2 aromatic carbocycles. The predicted octanol–water partition coefficient (Wildman–Crippen LogP) is 3.78. The molecule has 2 N–H and O–H groups in total. The molecule has 0 fully saturated rings. The van der Waals surface area contributed by atoms with Gasteiger partial charge in [0.05, 0.1) is 22.3 Å². The van der Waals surface area contributed by atoms with Gasteiger partial charge in [0, 0.05) is 19.2 Å². The fraction of sp³-hybridized carbons (Fsp3) is 0.125. The molecule has 0 aromatic heterocycles. The maximum Gasteiger partial charge on any atom is 0.221 e. The molecule has 5 heteroatoms. The summed E-state index contributed by atoms with van der Waals surface area (Å²) in [6.45, 7) is 2.05. The smallest absolute Gasteiger partial charge is 0.221 e. The quantitative estimate of drug-likeness (QED) is 0.903. The molecule has 0 unspecified atom stereocenters. The maximum absolute atomic E-state index is 10.9. The third-order valence-electron chi connectivity index (χ3n) is 2.85. The summed E-state index contributed by atoms with van der Waals surface area (Å²) in [6.07, 6.45) is 0. The third-order valence-corrected chi connectivity index (χ3v) is 3.18. The van der Waals surface area contributed by atoms with E-state index in [4.69, 9.17) is 16.9 Å². The van der Waals surface area contributed by atoms with E-state index in [0.29, 0.717) is 17.1 Å². The van der Waals surface area contributed by atoms with Gasteiger partial charge in [-0.3, -0.25) is 4.79 Å². The molecule has 2 rings (SSSR count). The number of rotatable bonds is 4. The van der Waals surface area contributed by atoms with Crippen molar-refractivity contribution in [1.29, 1.82) is 5.26 Å². The fourth-order valence-corrected chi connectivity index (χ4v) is 2.02. The van der Waals surface area contributed by atoms with E-state index in [1.54, 1.807) is 18.2 Å². The molecule has 4 nitrogen and oxygen atoms in total. The van der Waals surface area contributed by atoms with Crippen molar-refractivity contribution in [2.75, 3.05) is 10.6 Å². The van der Waals surface area contributed by atoms with Crippen LogP contribution < -0.4 is 10.6 Å². The van der Waals surface area contributed by atoms with Gasteiger partial charge in [-0.05, 0) is 35.9 Å². The number of benzene rings is 2. The van der Waals surface area contributed by atoms with Crippen LogP contribution in [0.3, 0.4) is 0 Å². The van der Waals surface area contributed by atoms with Gasteiger partial charge in [0.25, 0.3) is 0 Å². The van der Waals surface area contributed by atoms with Crippen LogP contribution in [-0.4, -0.2) is 5.91 Å². The lowest BCUT2D eigenvalue weighted by molar-refractivity contribution is -0.114. The zero-order valence-corrected chi connectivity index (χ0v) is 12.2. The Morgan fingerprint density at radius 1 is 1.24 bits per heavy atom. The van der Waals surface area contributed by atoms with E-state index >= 15 is 0 Å². The molecule has 0 saturated carbocycles. The molecular formula is C16H14ClN3O. The van der Waals surface area contributed by atoms with Crippen molar-refractivity contribution in [1.82, 2.24) is 0 Å². The second-order valence-corrected chi connectivity index (χ2v) is 4.95. The van der Waals surface area contributed by atoms with Crippen LogP contribution in [0.4, 0.5) is 11.4 Å². The van der Waals surface area contributed by atoms with E-state index in [9.17, 15) is 4.79 Å². The number of nitrogens with one attached hydrogen (secondary N) is 2. The topological polar surface area (TPSA) is 64.9 Å². The summed E-state index contributed by atoms with van der Waals surface area (Å²) in [6, 6.07) is 14.7. The summed E-state index contributed by atoms with van der Waals surface area (Å²) in [7, 11) is 0. The molecule has 106 valence electrons. The highest BCUT2D eigenvalue weighted by molar-refractivity contribution is 6.33. The monoisotopic (exact) mass is 299 g/mol. The van der Waals surface area contributed by atoms with Crippen LogP contribution in [-0.2, 0) is 11.3 Å². The van der Waals surface area contributed by atoms with Gasteiger partial charge in [-0.1, -0.05) is 23.7 Å². The van der Waals surface area contributed by atoms with Gasteiger partial charge in [0.2, 0.25) is 5.91 Å². The van der Waals surface area contributed by atoms with Crippen molar-refractivity contribution < 1.29 is 4.79 Å². The Kier molecular flexibility index (Phi) is 4.81. The second-order valence-electron chi connectivity index (χ2n) is 4.54. The summed E-state index contributed by atoms with van der Waals surface area (Å²) < 4.78 is 0. The van der Waals surface area contributed by atoms with E-state index in [1.807, 2.05) is 24.3 Å². The summed E-state index contributed by atoms with van der Waals surface area (Å²) in [5, 5.41) is 15.4. The highest BCUT2D eigenvalue weighted by Gasteiger charge is 2.02. The predicted molar refractivity (Wildman–Crippen MR) is 84.2 cm³/mol. The van der Waals surface area contributed by atoms with Crippen molar-refractivity contribution in [3.8, 4) is 6.07 Å². The van der Waals surface area contributed by atoms with Crippen LogP contribution in [0, 0.1) is 11.3 Å². The molecule has 0 radical (unpaired) electrons. The molecule has 2 aromatic rings. The molecule has 0 heterocycles. The molecule has 0 aliphatic heterocycles. The minimum Gasteiger partial charge on any atom is -0.380 e. The van der Waals surface area contributed by atoms with E-state index in [-0.39, 0.29) is 5.91 Å². The van der Waals surface area contributed by atoms with Gasteiger partial charge < -0.3 is 10.6 Å². The number of nitrogens with zero attached hydrogens (tertiary/aromatic N) is 1. The van der Waals surface area contributed by atoms with Crippen molar-refractivity contribution >= 4 is 28.9 Å². The lowest BCUT2D eigenvalue weighted by Gasteiger charge is -2.09. The van der Waals surface area contributed by atoms with Gasteiger partial charge in [-0.15, -0.1) is 0 Å². The Morgan fingerprint density at radius 2 is 1.95 bits per heavy atom. The first-order valence-corrected chi connectivity index (χ1v) is 6.76. The zero-order chi connectivity index (χ0) is 15.2. The number of nitriles is 1. The largest absolute Gasteiger partial charge is 0.380 e. The van der Waals surface area contributed by atoms with Crippen molar-refractivity contribution in [3.63, 3.8) is 0 Å². The van der Waals surface area contributed by atoms with Crippen LogP contribution in [0.15, 0.2) is 42.5 Å². The second kappa shape index (κ2) is 6.78. The first-order valence-electron chi connectivity index (χ1n) is 6.38. The van der Waals surface area contributed by atoms with Crippen LogP contribution >= 0.6 is 11.6 Å². The zero-order valence-electron chi connectivity index (χ0n) is 11.5. The number of hydrogen-bond donors (Lipinski definition) is 2. The number of hydrogen-bond acceptors (Lipinski definition) is 3. The van der Waals surface area contributed by atoms with Crippen LogP contribution in [0.5, 0.6) is 0 Å². The molecule has 0 bridgehead atoms. The third kappa shape index (κ3) is 4.23. The normalized spacial score (nSPS) is 9.76. The molecule has 21 heavy (non-hydrogen) atoms. The Morgan fingerprint density at radius 3 is 2.57 bits per heavy atom. The number of anilines is 2. The van der Waals surface area contributed by atoms with Crippen LogP contribution in [0.1, 0.15) is 18.1 Å². The molecule has 0 spiro atoms. The Hall–Kier alpha value is -2.51. The minimum atomic E-state index is -0.0963.